The molecule has 2 rings (SSSR count). The molecule has 0 aromatic heterocycles. The monoisotopic (exact) mass is 261 g/mol. The van der Waals surface area contributed by atoms with Crippen LogP contribution in [0.3, 0.4) is 0 Å². The van der Waals surface area contributed by atoms with Crippen molar-refractivity contribution in [2.75, 3.05) is 12.4 Å². The molecule has 19 heavy (non-hydrogen) atoms. The molecule has 0 bridgehead atoms. The van der Waals surface area contributed by atoms with Gasteiger partial charge in [-0.15, -0.1) is 0 Å². The number of hydrogen-bond acceptors (Lipinski definition) is 3. The van der Waals surface area contributed by atoms with Gasteiger partial charge < -0.3 is 10.1 Å². The molecule has 0 saturated heterocycles. The molecule has 1 aliphatic rings. The van der Waals surface area contributed by atoms with Crippen molar-refractivity contribution < 1.29 is 9.53 Å². The predicted octanol–water partition coefficient (Wildman–Crippen LogP) is 3.77. The van der Waals surface area contributed by atoms with E-state index in [9.17, 15) is 4.79 Å². The smallest absolute Gasteiger partial charge is 0.337 e. The Kier molecular flexibility index (Phi) is 4.46. The fraction of sp³-hybridized carbons (Fsp3) is 0.562. The van der Waals surface area contributed by atoms with Crippen molar-refractivity contribution in [3.63, 3.8) is 0 Å². The van der Waals surface area contributed by atoms with Crippen molar-refractivity contribution in [1.29, 1.82) is 0 Å². The van der Waals surface area contributed by atoms with E-state index in [2.05, 4.69) is 12.2 Å². The summed E-state index contributed by atoms with van der Waals surface area (Å²) in [5, 5.41) is 3.63. The number of benzene rings is 1. The van der Waals surface area contributed by atoms with E-state index in [4.69, 9.17) is 4.74 Å². The Morgan fingerprint density at radius 1 is 1.32 bits per heavy atom. The third-order valence-electron chi connectivity index (χ3n) is 4.10. The Morgan fingerprint density at radius 2 is 2.05 bits per heavy atom. The van der Waals surface area contributed by atoms with Gasteiger partial charge in [0.05, 0.1) is 12.7 Å². The maximum atomic E-state index is 11.5. The quantitative estimate of drug-likeness (QED) is 0.842. The number of nitrogens with one attached hydrogen (secondary N) is 1. The molecule has 1 saturated carbocycles. The Hall–Kier alpha value is -1.51. The molecule has 2 unspecified atom stereocenters. The zero-order chi connectivity index (χ0) is 13.8. The van der Waals surface area contributed by atoms with E-state index in [-0.39, 0.29) is 5.97 Å². The highest BCUT2D eigenvalue weighted by molar-refractivity contribution is 5.90. The molecule has 1 aromatic carbocycles. The van der Waals surface area contributed by atoms with Crippen LogP contribution in [0.15, 0.2) is 18.2 Å². The number of aryl methyl sites for hydroxylation is 1. The SMILES string of the molecule is COC(=O)c1ccc(NC2CCCCC2C)c(C)c1. The Labute approximate surface area is 115 Å². The number of rotatable bonds is 3. The lowest BCUT2D eigenvalue weighted by molar-refractivity contribution is 0.0600. The van der Waals surface area contributed by atoms with Crippen molar-refractivity contribution in [3.8, 4) is 0 Å². The fourth-order valence-electron chi connectivity index (χ4n) is 2.80. The molecular weight excluding hydrogens is 238 g/mol. The molecule has 104 valence electrons. The second kappa shape index (κ2) is 6.09. The molecule has 0 amide bonds. The number of methoxy groups -OCH3 is 1. The Balaban J connectivity index is 2.10. The second-order valence-electron chi connectivity index (χ2n) is 5.53. The number of ether oxygens (including phenoxy) is 1. The largest absolute Gasteiger partial charge is 0.465 e. The number of carbonyl (C=O) groups is 1. The molecule has 1 aliphatic carbocycles. The minimum absolute atomic E-state index is 0.277. The average molecular weight is 261 g/mol. The average Bonchev–Trinajstić information content (AvgIpc) is 2.42. The van der Waals surface area contributed by atoms with Gasteiger partial charge in [-0.2, -0.15) is 0 Å². The van der Waals surface area contributed by atoms with Crippen LogP contribution in [0.4, 0.5) is 5.69 Å². The zero-order valence-corrected chi connectivity index (χ0v) is 12.0. The highest BCUT2D eigenvalue weighted by Crippen LogP contribution is 2.28. The minimum atomic E-state index is -0.277. The normalized spacial score (nSPS) is 22.9. The summed E-state index contributed by atoms with van der Waals surface area (Å²) in [6.07, 6.45) is 5.19. The van der Waals surface area contributed by atoms with Gasteiger partial charge in [0, 0.05) is 11.7 Å². The molecule has 1 fully saturated rings. The van der Waals surface area contributed by atoms with Crippen LogP contribution in [0.25, 0.3) is 0 Å². The first-order chi connectivity index (χ1) is 9.11. The van der Waals surface area contributed by atoms with Crippen LogP contribution in [-0.2, 0) is 4.74 Å². The molecule has 0 heterocycles. The first-order valence-electron chi connectivity index (χ1n) is 7.07. The van der Waals surface area contributed by atoms with Gasteiger partial charge in [0.1, 0.15) is 0 Å². The van der Waals surface area contributed by atoms with E-state index in [1.165, 1.54) is 32.8 Å². The van der Waals surface area contributed by atoms with Gasteiger partial charge >= 0.3 is 5.97 Å². The fourth-order valence-corrected chi connectivity index (χ4v) is 2.80. The van der Waals surface area contributed by atoms with Gasteiger partial charge in [-0.1, -0.05) is 19.8 Å². The highest BCUT2D eigenvalue weighted by atomic mass is 16.5. The second-order valence-corrected chi connectivity index (χ2v) is 5.53. The molecule has 0 aliphatic heterocycles. The first-order valence-corrected chi connectivity index (χ1v) is 7.07. The molecule has 3 heteroatoms. The van der Waals surface area contributed by atoms with Crippen molar-refractivity contribution in [3.05, 3.63) is 29.3 Å². The standard InChI is InChI=1S/C16H23NO2/c1-11-6-4-5-7-14(11)17-15-9-8-13(10-12(15)2)16(18)19-3/h8-11,14,17H,4-7H2,1-3H3. The molecule has 0 radical (unpaired) electrons. The van der Waals surface area contributed by atoms with Gasteiger partial charge in [-0.05, 0) is 49.4 Å². The maximum absolute atomic E-state index is 11.5. The summed E-state index contributed by atoms with van der Waals surface area (Å²) >= 11 is 0. The Bertz CT molecular complexity index is 456. The van der Waals surface area contributed by atoms with Crippen molar-refractivity contribution in [2.45, 2.75) is 45.6 Å². The van der Waals surface area contributed by atoms with Gasteiger partial charge in [-0.3, -0.25) is 0 Å². The highest BCUT2D eigenvalue weighted by Gasteiger charge is 2.21. The van der Waals surface area contributed by atoms with Gasteiger partial charge in [0.2, 0.25) is 0 Å². The van der Waals surface area contributed by atoms with E-state index < -0.39 is 0 Å². The third-order valence-corrected chi connectivity index (χ3v) is 4.10. The van der Waals surface area contributed by atoms with E-state index >= 15 is 0 Å². The van der Waals surface area contributed by atoms with Crippen LogP contribution in [0.5, 0.6) is 0 Å². The van der Waals surface area contributed by atoms with Crippen molar-refractivity contribution in [1.82, 2.24) is 0 Å². The summed E-state index contributed by atoms with van der Waals surface area (Å²) in [4.78, 5) is 11.5. The summed E-state index contributed by atoms with van der Waals surface area (Å²) < 4.78 is 4.74. The summed E-state index contributed by atoms with van der Waals surface area (Å²) in [6, 6.07) is 6.26. The van der Waals surface area contributed by atoms with Crippen LogP contribution in [0.2, 0.25) is 0 Å². The van der Waals surface area contributed by atoms with Crippen LogP contribution in [0.1, 0.15) is 48.5 Å². The van der Waals surface area contributed by atoms with Crippen molar-refractivity contribution in [2.24, 2.45) is 5.92 Å². The lowest BCUT2D eigenvalue weighted by Crippen LogP contribution is -2.30. The summed E-state index contributed by atoms with van der Waals surface area (Å²) in [5.41, 5.74) is 2.84. The van der Waals surface area contributed by atoms with Crippen molar-refractivity contribution >= 4 is 11.7 Å². The molecule has 0 spiro atoms. The van der Waals surface area contributed by atoms with Crippen LogP contribution >= 0.6 is 0 Å². The van der Waals surface area contributed by atoms with Crippen LogP contribution in [0, 0.1) is 12.8 Å². The van der Waals surface area contributed by atoms with E-state index in [0.29, 0.717) is 17.5 Å². The van der Waals surface area contributed by atoms with E-state index in [0.717, 1.165) is 11.3 Å². The third kappa shape index (κ3) is 3.28. The summed E-state index contributed by atoms with van der Waals surface area (Å²) in [7, 11) is 1.41. The molecule has 1 N–H and O–H groups in total. The molecule has 1 aromatic rings. The number of carbonyl (C=O) groups excluding carboxylic acids is 1. The summed E-state index contributed by atoms with van der Waals surface area (Å²) in [6.45, 7) is 4.34. The lowest BCUT2D eigenvalue weighted by atomic mass is 9.85. The van der Waals surface area contributed by atoms with Gasteiger partial charge in [0.25, 0.3) is 0 Å². The van der Waals surface area contributed by atoms with E-state index in [1.54, 1.807) is 0 Å². The maximum Gasteiger partial charge on any atom is 0.337 e. The minimum Gasteiger partial charge on any atom is -0.465 e. The van der Waals surface area contributed by atoms with Gasteiger partial charge in [-0.25, -0.2) is 4.79 Å². The van der Waals surface area contributed by atoms with Gasteiger partial charge in [0.15, 0.2) is 0 Å². The molecule has 3 nitrogen and oxygen atoms in total. The zero-order valence-electron chi connectivity index (χ0n) is 12.0. The van der Waals surface area contributed by atoms with E-state index in [1.807, 2.05) is 25.1 Å². The van der Waals surface area contributed by atoms with Crippen LogP contribution in [-0.4, -0.2) is 19.1 Å². The summed E-state index contributed by atoms with van der Waals surface area (Å²) in [5.74, 6) is 0.439. The molecule has 2 atom stereocenters. The number of hydrogen-bond donors (Lipinski definition) is 1. The first kappa shape index (κ1) is 13.9. The molecular formula is C16H23NO2. The number of esters is 1. The number of anilines is 1. The Morgan fingerprint density at radius 3 is 2.68 bits per heavy atom. The lowest BCUT2D eigenvalue weighted by Gasteiger charge is -2.31. The predicted molar refractivity (Wildman–Crippen MR) is 77.6 cm³/mol. The van der Waals surface area contributed by atoms with Crippen LogP contribution < -0.4 is 5.32 Å². The topological polar surface area (TPSA) is 38.3 Å².